The number of hydrogen-bond acceptors (Lipinski definition) is 9. The van der Waals surface area contributed by atoms with Crippen LogP contribution in [0.4, 0.5) is 4.79 Å². The minimum atomic E-state index is -0.672. The number of amides is 4. The van der Waals surface area contributed by atoms with Crippen molar-refractivity contribution >= 4 is 41.5 Å². The van der Waals surface area contributed by atoms with Crippen molar-refractivity contribution in [1.29, 1.82) is 0 Å². The zero-order valence-electron chi connectivity index (χ0n) is 20.8. The second-order valence-corrected chi connectivity index (χ2v) is 8.59. The lowest BCUT2D eigenvalue weighted by Gasteiger charge is -2.27. The summed E-state index contributed by atoms with van der Waals surface area (Å²) in [6.07, 6.45) is 1.44. The molecule has 0 atom stereocenters. The van der Waals surface area contributed by atoms with Crippen molar-refractivity contribution in [2.75, 3.05) is 46.6 Å². The summed E-state index contributed by atoms with van der Waals surface area (Å²) in [6, 6.07) is 5.34. The Labute approximate surface area is 223 Å². The lowest BCUT2D eigenvalue weighted by atomic mass is 10.1. The van der Waals surface area contributed by atoms with Crippen molar-refractivity contribution in [2.45, 2.75) is 13.5 Å². The summed E-state index contributed by atoms with van der Waals surface area (Å²) in [7, 11) is 1.21. The predicted molar refractivity (Wildman–Crippen MR) is 133 cm³/mol. The third-order valence-corrected chi connectivity index (χ3v) is 5.95. The lowest BCUT2D eigenvalue weighted by Crippen LogP contribution is -2.43. The van der Waals surface area contributed by atoms with Crippen molar-refractivity contribution < 1.29 is 42.5 Å². The highest BCUT2D eigenvalue weighted by atomic mass is 35.5. The molecule has 0 radical (unpaired) electrons. The summed E-state index contributed by atoms with van der Waals surface area (Å²) in [5.41, 5.74) is 0.464. The molecule has 4 amide bonds. The fraction of sp³-hybridized carbons (Fsp3) is 0.360. The van der Waals surface area contributed by atoms with E-state index in [9.17, 15) is 19.2 Å². The number of esters is 1. The molecule has 2 aromatic rings. The van der Waals surface area contributed by atoms with Gasteiger partial charge in [-0.15, -0.1) is 0 Å². The molecule has 13 heteroatoms. The van der Waals surface area contributed by atoms with E-state index in [1.54, 1.807) is 17.9 Å². The highest BCUT2D eigenvalue weighted by Gasteiger charge is 2.34. The molecule has 12 nitrogen and oxygen atoms in total. The molecular weight excluding hydrogens is 522 g/mol. The van der Waals surface area contributed by atoms with Crippen LogP contribution in [0, 0.1) is 0 Å². The number of carbonyl (C=O) groups is 4. The van der Waals surface area contributed by atoms with Crippen LogP contribution in [0.15, 0.2) is 34.4 Å². The fourth-order valence-electron chi connectivity index (χ4n) is 3.82. The van der Waals surface area contributed by atoms with Crippen molar-refractivity contribution in [3.05, 3.63) is 52.1 Å². The van der Waals surface area contributed by atoms with Crippen LogP contribution in [0.2, 0.25) is 5.02 Å². The van der Waals surface area contributed by atoms with E-state index in [2.05, 4.69) is 10.1 Å². The minimum Gasteiger partial charge on any atom is -0.490 e. The Balaban J connectivity index is 1.48. The van der Waals surface area contributed by atoms with Crippen LogP contribution >= 0.6 is 11.6 Å². The predicted octanol–water partition coefficient (Wildman–Crippen LogP) is 2.45. The minimum absolute atomic E-state index is 0.00410. The number of morpholine rings is 1. The average molecular weight is 548 g/mol. The number of nitrogens with one attached hydrogen (secondary N) is 1. The van der Waals surface area contributed by atoms with Gasteiger partial charge in [0.25, 0.3) is 11.8 Å². The van der Waals surface area contributed by atoms with Gasteiger partial charge in [-0.2, -0.15) is 0 Å². The number of hydrogen-bond donors (Lipinski definition) is 1. The van der Waals surface area contributed by atoms with E-state index in [4.69, 9.17) is 30.2 Å². The van der Waals surface area contributed by atoms with Crippen LogP contribution in [-0.4, -0.2) is 80.2 Å². The second kappa shape index (κ2) is 12.0. The van der Waals surface area contributed by atoms with Crippen molar-refractivity contribution in [3.63, 3.8) is 0 Å². The third kappa shape index (κ3) is 6.09. The van der Waals surface area contributed by atoms with Gasteiger partial charge in [-0.05, 0) is 42.8 Å². The van der Waals surface area contributed by atoms with Gasteiger partial charge in [0, 0.05) is 13.1 Å². The molecule has 3 heterocycles. The molecule has 0 spiro atoms. The number of halogens is 1. The number of ether oxygens (including phenoxy) is 4. The topological polar surface area (TPSA) is 137 Å². The zero-order valence-corrected chi connectivity index (χ0v) is 21.5. The summed E-state index contributed by atoms with van der Waals surface area (Å²) in [4.78, 5) is 52.0. The van der Waals surface area contributed by atoms with Crippen LogP contribution < -0.4 is 14.8 Å². The molecule has 202 valence electrons. The summed E-state index contributed by atoms with van der Waals surface area (Å²) < 4.78 is 26.6. The van der Waals surface area contributed by atoms with Gasteiger partial charge < -0.3 is 33.6 Å². The Hall–Kier alpha value is -4.03. The molecule has 4 rings (SSSR count). The van der Waals surface area contributed by atoms with Gasteiger partial charge in [-0.25, -0.2) is 9.59 Å². The summed E-state index contributed by atoms with van der Waals surface area (Å²) in [5.74, 6) is -0.818. The third-order valence-electron chi connectivity index (χ3n) is 5.67. The quantitative estimate of drug-likeness (QED) is 0.285. The first-order valence-electron chi connectivity index (χ1n) is 11.8. The van der Waals surface area contributed by atoms with Crippen LogP contribution in [0.25, 0.3) is 6.08 Å². The second-order valence-electron chi connectivity index (χ2n) is 8.18. The average Bonchev–Trinajstić information content (AvgIpc) is 3.48. The number of carbonyl (C=O) groups excluding carboxylic acids is 4. The first-order valence-corrected chi connectivity index (χ1v) is 12.1. The number of urea groups is 1. The van der Waals surface area contributed by atoms with Gasteiger partial charge in [-0.3, -0.25) is 14.5 Å². The number of methoxy groups -OCH3 is 1. The SMILES string of the molecule is CCOc1cc(/C=C2\NC(=O)N(Cc3ccc(C(=O)OC)o3)C2=O)cc(Cl)c1OCC(=O)N1CCOCC1. The van der Waals surface area contributed by atoms with Crippen LogP contribution in [-0.2, 0) is 25.6 Å². The maximum absolute atomic E-state index is 12.9. The first kappa shape index (κ1) is 27.0. The molecule has 0 bridgehead atoms. The summed E-state index contributed by atoms with van der Waals surface area (Å²) in [6.45, 7) is 3.59. The standard InChI is InChI=1S/C25H26ClN3O9/c1-3-36-20-12-15(10-17(26)22(20)37-14-21(30)28-6-8-35-9-7-28)11-18-23(31)29(25(33)27-18)13-16-4-5-19(38-16)24(32)34-2/h4-5,10-12H,3,6-9,13-14H2,1-2H3,(H,27,33)/b18-11-. The monoisotopic (exact) mass is 547 g/mol. The Bertz CT molecular complexity index is 1270. The number of imide groups is 1. The number of furan rings is 1. The van der Waals surface area contributed by atoms with E-state index in [0.717, 1.165) is 4.90 Å². The van der Waals surface area contributed by atoms with Gasteiger partial charge in [-0.1, -0.05) is 11.6 Å². The van der Waals surface area contributed by atoms with Crippen LogP contribution in [0.5, 0.6) is 11.5 Å². The molecule has 0 aliphatic carbocycles. The smallest absolute Gasteiger partial charge is 0.373 e. The molecule has 2 aliphatic heterocycles. The summed E-state index contributed by atoms with van der Waals surface area (Å²) in [5, 5.41) is 2.68. The van der Waals surface area contributed by atoms with E-state index in [1.165, 1.54) is 31.4 Å². The molecular formula is C25H26ClN3O9. The van der Waals surface area contributed by atoms with Gasteiger partial charge in [0.2, 0.25) is 5.76 Å². The maximum atomic E-state index is 12.9. The van der Waals surface area contributed by atoms with E-state index in [-0.39, 0.29) is 52.8 Å². The Kier molecular flexibility index (Phi) is 8.54. The van der Waals surface area contributed by atoms with Crippen LogP contribution in [0.1, 0.15) is 28.8 Å². The Morgan fingerprint density at radius 2 is 1.92 bits per heavy atom. The number of rotatable bonds is 9. The van der Waals surface area contributed by atoms with Crippen molar-refractivity contribution in [2.24, 2.45) is 0 Å². The molecule has 1 aromatic heterocycles. The molecule has 2 fully saturated rings. The fourth-order valence-corrected chi connectivity index (χ4v) is 4.10. The number of benzene rings is 1. The van der Waals surface area contributed by atoms with Crippen molar-refractivity contribution in [3.8, 4) is 11.5 Å². The van der Waals surface area contributed by atoms with E-state index >= 15 is 0 Å². The zero-order chi connectivity index (χ0) is 27.2. The largest absolute Gasteiger partial charge is 0.490 e. The normalized spacial score (nSPS) is 16.6. The molecule has 1 aromatic carbocycles. The maximum Gasteiger partial charge on any atom is 0.373 e. The Morgan fingerprint density at radius 3 is 2.63 bits per heavy atom. The summed E-state index contributed by atoms with van der Waals surface area (Å²) >= 11 is 6.45. The molecule has 2 saturated heterocycles. The van der Waals surface area contributed by atoms with Gasteiger partial charge in [0.05, 0.1) is 38.5 Å². The van der Waals surface area contributed by atoms with Crippen LogP contribution in [0.3, 0.4) is 0 Å². The molecule has 1 N–H and O–H groups in total. The van der Waals surface area contributed by atoms with E-state index in [1.807, 2.05) is 0 Å². The van der Waals surface area contributed by atoms with Crippen molar-refractivity contribution in [1.82, 2.24) is 15.1 Å². The molecule has 38 heavy (non-hydrogen) atoms. The lowest BCUT2D eigenvalue weighted by molar-refractivity contribution is -0.137. The molecule has 2 aliphatic rings. The highest BCUT2D eigenvalue weighted by molar-refractivity contribution is 6.32. The van der Waals surface area contributed by atoms with Gasteiger partial charge in [0.1, 0.15) is 11.5 Å². The van der Waals surface area contributed by atoms with E-state index < -0.39 is 17.9 Å². The molecule has 0 saturated carbocycles. The Morgan fingerprint density at radius 1 is 1.16 bits per heavy atom. The molecule has 0 unspecified atom stereocenters. The van der Waals surface area contributed by atoms with E-state index in [0.29, 0.717) is 38.5 Å². The van der Waals surface area contributed by atoms with Gasteiger partial charge in [0.15, 0.2) is 18.1 Å². The highest BCUT2D eigenvalue weighted by Crippen LogP contribution is 2.37. The van der Waals surface area contributed by atoms with Gasteiger partial charge >= 0.3 is 12.0 Å². The number of nitrogens with zero attached hydrogens (tertiary/aromatic N) is 2. The first-order chi connectivity index (χ1) is 18.3.